The number of alkyl halides is 3. The quantitative estimate of drug-likeness (QED) is 0.474. The number of aromatic nitrogens is 2. The van der Waals surface area contributed by atoms with Gasteiger partial charge in [-0.3, -0.25) is 9.78 Å². The van der Waals surface area contributed by atoms with Gasteiger partial charge in [0.15, 0.2) is 0 Å². The Morgan fingerprint density at radius 2 is 1.84 bits per heavy atom. The molecule has 2 aromatic heterocycles. The average molecular weight is 463 g/mol. The summed E-state index contributed by atoms with van der Waals surface area (Å²) in [6, 6.07) is 16.2. The van der Waals surface area contributed by atoms with Crippen LogP contribution in [0.3, 0.4) is 0 Å². The predicted octanol–water partition coefficient (Wildman–Crippen LogP) is 5.08. The minimum atomic E-state index is -4.47. The number of rotatable bonds is 8. The second-order valence-corrected chi connectivity index (χ2v) is 7.48. The second-order valence-electron chi connectivity index (χ2n) is 7.09. The molecular weight excluding hydrogens is 441 g/mol. The highest BCUT2D eigenvalue weighted by Crippen LogP contribution is 2.29. The molecule has 0 bridgehead atoms. The number of hydrogen-bond acceptors (Lipinski definition) is 4. The summed E-state index contributed by atoms with van der Waals surface area (Å²) >= 11 is 6.10. The molecule has 0 aliphatic rings. The van der Waals surface area contributed by atoms with Gasteiger partial charge in [-0.15, -0.1) is 0 Å². The van der Waals surface area contributed by atoms with Crippen LogP contribution in [0.1, 0.15) is 29.3 Å². The fourth-order valence-electron chi connectivity index (χ4n) is 3.37. The number of carbonyl (C=O) groups is 1. The zero-order chi connectivity index (χ0) is 23.1. The number of halogens is 4. The van der Waals surface area contributed by atoms with E-state index >= 15 is 0 Å². The normalized spacial score (nSPS) is 12.3. The van der Waals surface area contributed by atoms with E-state index in [9.17, 15) is 18.0 Å². The van der Waals surface area contributed by atoms with Gasteiger partial charge in [-0.25, -0.2) is 4.98 Å². The van der Waals surface area contributed by atoms with Crippen LogP contribution in [-0.2, 0) is 17.4 Å². The van der Waals surface area contributed by atoms with Crippen LogP contribution in [-0.4, -0.2) is 29.5 Å². The number of nitrogens with one attached hydrogen (secondary N) is 1. The van der Waals surface area contributed by atoms with Crippen molar-refractivity contribution in [2.24, 2.45) is 0 Å². The van der Waals surface area contributed by atoms with Crippen molar-refractivity contribution in [3.05, 3.63) is 88.8 Å². The number of anilines is 1. The molecule has 0 radical (unpaired) electrons. The number of amides is 1. The lowest BCUT2D eigenvalue weighted by molar-refractivity contribution is -0.141. The smallest absolute Gasteiger partial charge is 0.357 e. The van der Waals surface area contributed by atoms with Crippen LogP contribution in [0.25, 0.3) is 0 Å². The first-order chi connectivity index (χ1) is 15.3. The summed E-state index contributed by atoms with van der Waals surface area (Å²) in [5.41, 5.74) is 0.535. The molecule has 0 unspecified atom stereocenters. The first-order valence-electron chi connectivity index (χ1n) is 9.97. The Kier molecular flexibility index (Phi) is 7.69. The standard InChI is InChI=1S/C23H22ClF3N4O/c1-28-22(32)21(17-8-3-2-4-9-17)31(20-11-5-10-19(24)30-20)14-6-7-16-12-13-18(29-15-16)23(25,26)27/h2-5,8-13,15,21H,6-7,14H2,1H3,(H,28,32)/t21-/m0/s1. The molecule has 0 aliphatic heterocycles. The zero-order valence-electron chi connectivity index (χ0n) is 17.3. The average Bonchev–Trinajstić information content (AvgIpc) is 2.78. The lowest BCUT2D eigenvalue weighted by Gasteiger charge is -2.32. The first kappa shape index (κ1) is 23.5. The first-order valence-corrected chi connectivity index (χ1v) is 10.4. The van der Waals surface area contributed by atoms with Gasteiger partial charge >= 0.3 is 6.18 Å². The van der Waals surface area contributed by atoms with Crippen molar-refractivity contribution >= 4 is 23.3 Å². The summed E-state index contributed by atoms with van der Waals surface area (Å²) < 4.78 is 38.2. The molecule has 0 saturated carbocycles. The predicted molar refractivity (Wildman–Crippen MR) is 117 cm³/mol. The monoisotopic (exact) mass is 462 g/mol. The van der Waals surface area contributed by atoms with Crippen molar-refractivity contribution in [1.82, 2.24) is 15.3 Å². The van der Waals surface area contributed by atoms with Crippen molar-refractivity contribution in [3.63, 3.8) is 0 Å². The van der Waals surface area contributed by atoms with Crippen LogP contribution in [0.15, 0.2) is 66.9 Å². The van der Waals surface area contributed by atoms with Crippen molar-refractivity contribution in [2.75, 3.05) is 18.5 Å². The molecule has 0 aliphatic carbocycles. The number of carbonyl (C=O) groups excluding carboxylic acids is 1. The summed E-state index contributed by atoms with van der Waals surface area (Å²) in [7, 11) is 1.57. The van der Waals surface area contributed by atoms with E-state index in [1.807, 2.05) is 35.2 Å². The largest absolute Gasteiger partial charge is 0.433 e. The number of aryl methyl sites for hydroxylation is 1. The van der Waals surface area contributed by atoms with Gasteiger partial charge in [0, 0.05) is 19.8 Å². The molecule has 3 rings (SSSR count). The van der Waals surface area contributed by atoms with Crippen LogP contribution < -0.4 is 10.2 Å². The summed E-state index contributed by atoms with van der Waals surface area (Å²) in [6.07, 6.45) is -2.19. The number of hydrogen-bond donors (Lipinski definition) is 1. The molecule has 32 heavy (non-hydrogen) atoms. The molecule has 1 amide bonds. The van der Waals surface area contributed by atoms with E-state index in [4.69, 9.17) is 11.6 Å². The van der Waals surface area contributed by atoms with Gasteiger partial charge in [-0.2, -0.15) is 13.2 Å². The fraction of sp³-hybridized carbons (Fsp3) is 0.261. The molecule has 1 aromatic carbocycles. The third-order valence-electron chi connectivity index (χ3n) is 4.90. The van der Waals surface area contributed by atoms with Gasteiger partial charge < -0.3 is 10.2 Å². The number of benzene rings is 1. The van der Waals surface area contributed by atoms with E-state index in [-0.39, 0.29) is 5.91 Å². The number of nitrogens with zero attached hydrogens (tertiary/aromatic N) is 3. The van der Waals surface area contributed by atoms with Crippen molar-refractivity contribution in [2.45, 2.75) is 25.1 Å². The van der Waals surface area contributed by atoms with Gasteiger partial charge in [0.2, 0.25) is 5.91 Å². The molecule has 5 nitrogen and oxygen atoms in total. The maximum Gasteiger partial charge on any atom is 0.433 e. The Balaban J connectivity index is 1.84. The lowest BCUT2D eigenvalue weighted by Crippen LogP contribution is -2.40. The van der Waals surface area contributed by atoms with E-state index in [0.717, 1.165) is 11.6 Å². The van der Waals surface area contributed by atoms with E-state index in [2.05, 4.69) is 15.3 Å². The Hall–Kier alpha value is -3.13. The SMILES string of the molecule is CNC(=O)[C@H](c1ccccc1)N(CCCc1ccc(C(F)(F)F)nc1)c1cccc(Cl)n1. The highest BCUT2D eigenvalue weighted by molar-refractivity contribution is 6.29. The van der Waals surface area contributed by atoms with E-state index < -0.39 is 17.9 Å². The fourth-order valence-corrected chi connectivity index (χ4v) is 3.53. The third-order valence-corrected chi connectivity index (χ3v) is 5.11. The third kappa shape index (κ3) is 5.97. The molecule has 0 saturated heterocycles. The maximum absolute atomic E-state index is 12.8. The van der Waals surface area contributed by atoms with Gasteiger partial charge in [0.1, 0.15) is 22.7 Å². The molecular formula is C23H22ClF3N4O. The zero-order valence-corrected chi connectivity index (χ0v) is 18.1. The van der Waals surface area contributed by atoms with E-state index in [1.54, 1.807) is 25.2 Å². The Morgan fingerprint density at radius 1 is 1.09 bits per heavy atom. The highest BCUT2D eigenvalue weighted by atomic mass is 35.5. The molecule has 0 spiro atoms. The minimum absolute atomic E-state index is 0.214. The van der Waals surface area contributed by atoms with Crippen molar-refractivity contribution in [1.29, 1.82) is 0 Å². The summed E-state index contributed by atoms with van der Waals surface area (Å²) in [4.78, 5) is 22.6. The number of likely N-dealkylation sites (N-methyl/N-ethyl adjacent to an activating group) is 1. The second kappa shape index (κ2) is 10.5. The van der Waals surface area contributed by atoms with E-state index in [1.165, 1.54) is 12.3 Å². The van der Waals surface area contributed by atoms with Crippen LogP contribution in [0.2, 0.25) is 5.15 Å². The summed E-state index contributed by atoms with van der Waals surface area (Å²) in [5.74, 6) is 0.315. The molecule has 2 heterocycles. The molecule has 0 fully saturated rings. The molecule has 9 heteroatoms. The van der Waals surface area contributed by atoms with Gasteiger partial charge in [0.05, 0.1) is 0 Å². The highest BCUT2D eigenvalue weighted by Gasteiger charge is 2.32. The molecule has 1 atom stereocenters. The van der Waals surface area contributed by atoms with Gasteiger partial charge in [-0.1, -0.05) is 54.1 Å². The molecule has 168 valence electrons. The summed E-state index contributed by atoms with van der Waals surface area (Å²) in [5, 5.41) is 2.99. The Morgan fingerprint density at radius 3 is 2.44 bits per heavy atom. The van der Waals surface area contributed by atoms with Crippen LogP contribution >= 0.6 is 11.6 Å². The lowest BCUT2D eigenvalue weighted by atomic mass is 10.0. The number of pyridine rings is 2. The maximum atomic E-state index is 12.8. The van der Waals surface area contributed by atoms with Crippen molar-refractivity contribution in [3.8, 4) is 0 Å². The van der Waals surface area contributed by atoms with Crippen molar-refractivity contribution < 1.29 is 18.0 Å². The molecule has 1 N–H and O–H groups in total. The molecule has 3 aromatic rings. The van der Waals surface area contributed by atoms with Crippen LogP contribution in [0.4, 0.5) is 19.0 Å². The van der Waals surface area contributed by atoms with E-state index in [0.29, 0.717) is 35.9 Å². The Labute approximate surface area is 189 Å². The summed E-state index contributed by atoms with van der Waals surface area (Å²) in [6.45, 7) is 0.418. The topological polar surface area (TPSA) is 58.1 Å². The van der Waals surface area contributed by atoms with Crippen LogP contribution in [0.5, 0.6) is 0 Å². The Bertz CT molecular complexity index is 1030. The van der Waals surface area contributed by atoms with Gasteiger partial charge in [-0.05, 0) is 42.2 Å². The van der Waals surface area contributed by atoms with Gasteiger partial charge in [0.25, 0.3) is 0 Å². The van der Waals surface area contributed by atoms with Crippen LogP contribution in [0, 0.1) is 0 Å². The minimum Gasteiger partial charge on any atom is -0.357 e.